The maximum Gasteiger partial charge on any atom is 0.141 e. The predicted molar refractivity (Wildman–Crippen MR) is 104 cm³/mol. The number of aromatic nitrogens is 2. The number of aliphatic hydroxyl groups is 1. The predicted octanol–water partition coefficient (Wildman–Crippen LogP) is 2.77. The summed E-state index contributed by atoms with van der Waals surface area (Å²) in [6.07, 6.45) is 4.69. The molecule has 0 saturated carbocycles. The lowest BCUT2D eigenvalue weighted by molar-refractivity contribution is 0.114. The molecule has 6 heteroatoms. The van der Waals surface area contributed by atoms with E-state index in [4.69, 9.17) is 9.97 Å². The monoisotopic (exact) mass is 360 g/mol. The van der Waals surface area contributed by atoms with E-state index in [9.17, 15) is 5.11 Å². The van der Waals surface area contributed by atoms with Crippen molar-refractivity contribution in [3.8, 4) is 0 Å². The van der Waals surface area contributed by atoms with Gasteiger partial charge in [0.05, 0.1) is 11.5 Å². The van der Waals surface area contributed by atoms with Crippen LogP contribution in [0.2, 0.25) is 0 Å². The van der Waals surface area contributed by atoms with E-state index < -0.39 is 0 Å². The average molecular weight is 361 g/mol. The molecule has 2 unspecified atom stereocenters. The Morgan fingerprint density at radius 3 is 2.80 bits per heavy atom. The molecule has 25 heavy (non-hydrogen) atoms. The van der Waals surface area contributed by atoms with Crippen molar-refractivity contribution in [2.75, 3.05) is 31.1 Å². The summed E-state index contributed by atoms with van der Waals surface area (Å²) < 4.78 is 0. The minimum atomic E-state index is -0.268. The number of hydrogen-bond donors (Lipinski definition) is 1. The lowest BCUT2D eigenvalue weighted by Crippen LogP contribution is -2.53. The third kappa shape index (κ3) is 3.27. The average Bonchev–Trinajstić information content (AvgIpc) is 2.91. The number of nitrogens with zero attached hydrogens (tertiary/aromatic N) is 4. The summed E-state index contributed by atoms with van der Waals surface area (Å²) in [6, 6.07) is 0.393. The topological polar surface area (TPSA) is 52.5 Å². The van der Waals surface area contributed by atoms with Gasteiger partial charge in [-0.05, 0) is 52.0 Å². The molecule has 0 amide bonds. The van der Waals surface area contributed by atoms with E-state index in [1.807, 2.05) is 25.2 Å². The van der Waals surface area contributed by atoms with E-state index in [2.05, 4.69) is 16.7 Å². The zero-order chi connectivity index (χ0) is 17.6. The molecule has 2 atom stereocenters. The van der Waals surface area contributed by atoms with Crippen LogP contribution in [0.4, 0.5) is 5.82 Å². The molecule has 1 fully saturated rings. The molecule has 3 heterocycles. The van der Waals surface area contributed by atoms with Gasteiger partial charge >= 0.3 is 0 Å². The lowest BCUT2D eigenvalue weighted by Gasteiger charge is -2.41. The van der Waals surface area contributed by atoms with Gasteiger partial charge in [0.15, 0.2) is 0 Å². The van der Waals surface area contributed by atoms with Gasteiger partial charge in [-0.25, -0.2) is 9.97 Å². The molecule has 2 aliphatic rings. The van der Waals surface area contributed by atoms with E-state index in [1.165, 1.54) is 46.3 Å². The van der Waals surface area contributed by atoms with Gasteiger partial charge < -0.3 is 10.0 Å². The van der Waals surface area contributed by atoms with Gasteiger partial charge in [-0.15, -0.1) is 11.3 Å². The Balaban J connectivity index is 1.70. The smallest absolute Gasteiger partial charge is 0.141 e. The van der Waals surface area contributed by atoms with Crippen molar-refractivity contribution in [1.29, 1.82) is 0 Å². The van der Waals surface area contributed by atoms with Crippen LogP contribution in [0.1, 0.15) is 43.0 Å². The Labute approximate surface area is 153 Å². The second-order valence-corrected chi connectivity index (χ2v) is 8.72. The largest absolute Gasteiger partial charge is 0.392 e. The summed E-state index contributed by atoms with van der Waals surface area (Å²) in [5, 5.41) is 11.0. The van der Waals surface area contributed by atoms with Crippen LogP contribution < -0.4 is 4.90 Å². The Morgan fingerprint density at radius 2 is 2.04 bits per heavy atom. The molecule has 1 saturated heterocycles. The molecule has 0 radical (unpaired) electrons. The van der Waals surface area contributed by atoms with Crippen LogP contribution in [0.25, 0.3) is 10.2 Å². The maximum atomic E-state index is 9.68. The molecule has 136 valence electrons. The van der Waals surface area contributed by atoms with Gasteiger partial charge in [0.2, 0.25) is 0 Å². The minimum Gasteiger partial charge on any atom is -0.392 e. The highest BCUT2D eigenvalue weighted by Gasteiger charge is 2.29. The van der Waals surface area contributed by atoms with Crippen LogP contribution in [-0.4, -0.2) is 58.3 Å². The summed E-state index contributed by atoms with van der Waals surface area (Å²) in [5.41, 5.74) is 1.51. The van der Waals surface area contributed by atoms with Crippen molar-refractivity contribution in [3.63, 3.8) is 0 Å². The standard InChI is InChI=1S/C19H28N4OS/c1-12-10-22(11-13(2)24)8-9-23(12)18-17-15-6-4-5-7-16(15)25-19(17)21-14(3)20-18/h12-13,24H,4-11H2,1-3H3. The number of piperazine rings is 1. The SMILES string of the molecule is Cc1nc(N2CCN(CC(C)O)CC2C)c2c3c(sc2n1)CCCC3. The lowest BCUT2D eigenvalue weighted by atomic mass is 9.96. The third-order valence-electron chi connectivity index (χ3n) is 5.41. The van der Waals surface area contributed by atoms with Crippen LogP contribution >= 0.6 is 11.3 Å². The van der Waals surface area contributed by atoms with Crippen molar-refractivity contribution in [3.05, 3.63) is 16.3 Å². The second kappa shape index (κ2) is 6.82. The molecule has 0 bridgehead atoms. The third-order valence-corrected chi connectivity index (χ3v) is 6.60. The van der Waals surface area contributed by atoms with Gasteiger partial charge in [0.25, 0.3) is 0 Å². The molecule has 1 N–H and O–H groups in total. The van der Waals surface area contributed by atoms with Crippen molar-refractivity contribution < 1.29 is 5.11 Å². The molecule has 1 aliphatic carbocycles. The zero-order valence-corrected chi connectivity index (χ0v) is 16.3. The van der Waals surface area contributed by atoms with Crippen molar-refractivity contribution in [2.45, 2.75) is 58.6 Å². The first-order valence-corrected chi connectivity index (χ1v) is 10.3. The van der Waals surface area contributed by atoms with Crippen LogP contribution in [0, 0.1) is 6.92 Å². The van der Waals surface area contributed by atoms with E-state index in [0.29, 0.717) is 6.04 Å². The molecular formula is C19H28N4OS. The molecule has 1 aliphatic heterocycles. The molecule has 2 aromatic rings. The molecule has 0 spiro atoms. The molecule has 5 nitrogen and oxygen atoms in total. The summed E-state index contributed by atoms with van der Waals surface area (Å²) in [6.45, 7) is 9.82. The van der Waals surface area contributed by atoms with Crippen molar-refractivity contribution in [1.82, 2.24) is 14.9 Å². The number of anilines is 1. The number of β-amino-alcohol motifs (C(OH)–C–C–N with tert-alkyl or cyclic N) is 1. The van der Waals surface area contributed by atoms with Crippen LogP contribution in [0.15, 0.2) is 0 Å². The van der Waals surface area contributed by atoms with Crippen molar-refractivity contribution >= 4 is 27.4 Å². The fourth-order valence-corrected chi connectivity index (χ4v) is 5.64. The zero-order valence-electron chi connectivity index (χ0n) is 15.5. The van der Waals surface area contributed by atoms with Crippen LogP contribution in [0.3, 0.4) is 0 Å². The van der Waals surface area contributed by atoms with E-state index in [0.717, 1.165) is 37.8 Å². The number of aliphatic hydroxyl groups excluding tert-OH is 1. The highest BCUT2D eigenvalue weighted by Crippen LogP contribution is 2.40. The molecule has 0 aromatic carbocycles. The fraction of sp³-hybridized carbons (Fsp3) is 0.684. The van der Waals surface area contributed by atoms with Crippen molar-refractivity contribution in [2.24, 2.45) is 0 Å². The first-order valence-electron chi connectivity index (χ1n) is 9.49. The van der Waals surface area contributed by atoms with Gasteiger partial charge in [-0.1, -0.05) is 0 Å². The number of thiophene rings is 1. The number of aryl methyl sites for hydroxylation is 3. The number of rotatable bonds is 3. The van der Waals surface area contributed by atoms with E-state index in [1.54, 1.807) is 0 Å². The highest BCUT2D eigenvalue weighted by molar-refractivity contribution is 7.19. The highest BCUT2D eigenvalue weighted by atomic mass is 32.1. The summed E-state index contributed by atoms with van der Waals surface area (Å²) in [4.78, 5) is 17.2. The minimum absolute atomic E-state index is 0.268. The Kier molecular flexibility index (Phi) is 4.69. The van der Waals surface area contributed by atoms with Gasteiger partial charge in [0, 0.05) is 37.1 Å². The van der Waals surface area contributed by atoms with Gasteiger partial charge in [-0.3, -0.25) is 4.90 Å². The first kappa shape index (κ1) is 17.2. The van der Waals surface area contributed by atoms with Gasteiger partial charge in [-0.2, -0.15) is 0 Å². The number of fused-ring (bicyclic) bond motifs is 3. The van der Waals surface area contributed by atoms with E-state index in [-0.39, 0.29) is 6.10 Å². The summed E-state index contributed by atoms with van der Waals surface area (Å²) in [7, 11) is 0. The first-order chi connectivity index (χ1) is 12.0. The quantitative estimate of drug-likeness (QED) is 0.912. The maximum absolute atomic E-state index is 9.68. The summed E-state index contributed by atoms with van der Waals surface area (Å²) >= 11 is 1.88. The molecular weight excluding hydrogens is 332 g/mol. The number of hydrogen-bond acceptors (Lipinski definition) is 6. The fourth-order valence-electron chi connectivity index (χ4n) is 4.34. The molecule has 4 rings (SSSR count). The second-order valence-electron chi connectivity index (χ2n) is 7.64. The van der Waals surface area contributed by atoms with E-state index >= 15 is 0 Å². The Bertz CT molecular complexity index is 772. The Morgan fingerprint density at radius 1 is 1.24 bits per heavy atom. The van der Waals surface area contributed by atoms with Crippen LogP contribution in [0.5, 0.6) is 0 Å². The Hall–Kier alpha value is -1.24. The normalized spacial score (nSPS) is 23.0. The summed E-state index contributed by atoms with van der Waals surface area (Å²) in [5.74, 6) is 2.02. The van der Waals surface area contributed by atoms with Gasteiger partial charge in [0.1, 0.15) is 16.5 Å². The van der Waals surface area contributed by atoms with Crippen LogP contribution in [-0.2, 0) is 12.8 Å². The molecule has 2 aromatic heterocycles.